The molecule has 0 spiro atoms. The molecule has 1 aromatic heterocycles. The van der Waals surface area contributed by atoms with Crippen LogP contribution in [0.25, 0.3) is 32.8 Å². The zero-order valence-corrected chi connectivity index (χ0v) is 29.0. The van der Waals surface area contributed by atoms with Crippen molar-refractivity contribution in [3.05, 3.63) is 89.8 Å². The smallest absolute Gasteiger partial charge is 0.159 e. The molecule has 0 atom stereocenters. The van der Waals surface area contributed by atoms with Crippen LogP contribution >= 0.6 is 0 Å². The summed E-state index contributed by atoms with van der Waals surface area (Å²) >= 11 is 0. The number of aliphatic hydroxyl groups is 1. The Hall–Kier alpha value is -2.81. The fourth-order valence-corrected chi connectivity index (χ4v) is 5.24. The molecule has 0 amide bonds. The molecule has 1 radical (unpaired) electrons. The first-order chi connectivity index (χ1) is 19.4. The number of nitrogens with zero attached hydrogens (tertiary/aromatic N) is 1. The van der Waals surface area contributed by atoms with Gasteiger partial charge in [0.2, 0.25) is 0 Å². The number of hydrogen-bond acceptors (Lipinski definition) is 3. The second-order valence-corrected chi connectivity index (χ2v) is 13.0. The number of rotatable bonds is 10. The van der Waals surface area contributed by atoms with Crippen LogP contribution in [-0.4, -0.2) is 15.9 Å². The van der Waals surface area contributed by atoms with E-state index in [1.54, 1.807) is 0 Å². The van der Waals surface area contributed by atoms with Crippen LogP contribution in [0, 0.1) is 29.7 Å². The van der Waals surface area contributed by atoms with Gasteiger partial charge >= 0.3 is 0 Å². The molecule has 0 aliphatic carbocycles. The topological polar surface area (TPSA) is 50.2 Å². The van der Waals surface area contributed by atoms with Crippen LogP contribution in [0.3, 0.4) is 0 Å². The van der Waals surface area contributed by atoms with E-state index in [0.717, 1.165) is 24.1 Å². The Kier molecular flexibility index (Phi) is 14.1. The largest absolute Gasteiger partial charge is 0.512 e. The predicted molar refractivity (Wildman–Crippen MR) is 175 cm³/mol. The first kappa shape index (κ1) is 35.4. The van der Waals surface area contributed by atoms with E-state index in [-0.39, 0.29) is 31.6 Å². The number of pyridine rings is 1. The maximum Gasteiger partial charge on any atom is 0.159 e. The molecule has 1 heterocycles. The molecule has 0 unspecified atom stereocenters. The Bertz CT molecular complexity index is 1460. The van der Waals surface area contributed by atoms with Crippen LogP contribution < -0.4 is 0 Å². The molecule has 227 valence electrons. The molecule has 4 heteroatoms. The molecule has 4 rings (SSSR count). The van der Waals surface area contributed by atoms with Crippen LogP contribution in [0.4, 0.5) is 0 Å². The van der Waals surface area contributed by atoms with Crippen molar-refractivity contribution in [2.24, 2.45) is 23.7 Å². The zero-order valence-electron chi connectivity index (χ0n) is 26.6. The number of carbonyl (C=O) groups excluding carboxylic acids is 1. The minimum absolute atomic E-state index is 0. The molecule has 1 N–H and O–H groups in total. The van der Waals surface area contributed by atoms with Gasteiger partial charge in [-0.15, -0.1) is 34.9 Å². The summed E-state index contributed by atoms with van der Waals surface area (Å²) in [6.07, 6.45) is 6.54. The van der Waals surface area contributed by atoms with Crippen molar-refractivity contribution >= 4 is 27.3 Å². The Morgan fingerprint density at radius 3 is 2.10 bits per heavy atom. The molecule has 4 aromatic rings. The van der Waals surface area contributed by atoms with Crippen LogP contribution in [0.15, 0.2) is 72.6 Å². The quantitative estimate of drug-likeness (QED) is 0.0762. The molecule has 0 fully saturated rings. The summed E-state index contributed by atoms with van der Waals surface area (Å²) in [5.41, 5.74) is 4.84. The van der Waals surface area contributed by atoms with Gasteiger partial charge in [-0.2, -0.15) is 0 Å². The van der Waals surface area contributed by atoms with Gasteiger partial charge in [0.15, 0.2) is 5.78 Å². The normalized spacial score (nSPS) is 11.8. The minimum atomic E-state index is 0. The third-order valence-electron chi connectivity index (χ3n) is 6.74. The second-order valence-electron chi connectivity index (χ2n) is 13.0. The summed E-state index contributed by atoms with van der Waals surface area (Å²) in [4.78, 5) is 16.0. The fraction of sp³-hybridized carbons (Fsp3) is 0.421. The van der Waals surface area contributed by atoms with Gasteiger partial charge in [-0.3, -0.25) is 4.79 Å². The van der Waals surface area contributed by atoms with E-state index in [2.05, 4.69) is 88.4 Å². The van der Waals surface area contributed by atoms with Gasteiger partial charge in [0.1, 0.15) is 0 Å². The zero-order chi connectivity index (χ0) is 30.1. The molecule has 42 heavy (non-hydrogen) atoms. The second kappa shape index (κ2) is 16.7. The number of aliphatic hydroxyl groups excluding tert-OH is 1. The van der Waals surface area contributed by atoms with Crippen molar-refractivity contribution in [1.82, 2.24) is 4.98 Å². The van der Waals surface area contributed by atoms with Gasteiger partial charge in [0.25, 0.3) is 0 Å². The fourth-order valence-electron chi connectivity index (χ4n) is 5.24. The molecule has 3 nitrogen and oxygen atoms in total. The van der Waals surface area contributed by atoms with Gasteiger partial charge in [0, 0.05) is 45.2 Å². The predicted octanol–water partition coefficient (Wildman–Crippen LogP) is 10.3. The standard InChI is InChI=1S/C27H28N.C11H20O2.Ir/c1-18(2)13-20-15-21(14-19(3)4)17-23(16-20)27-26-10-9-22-7-5-6-8-24(22)25(26)11-12-28-27;1-8(2)5-10(12)7-11(13)6-9(3)4;/h5-12,15-16,18-19H,13-14H2,1-4H3;7-9,12H,5-6H2,1-4H3;/q-1;;/b;10-7-;. The SMILES string of the molecule is CC(C)CC(=O)/C=C(\O)CC(C)C.CC(C)Cc1[c-]c(-c2nccc3c2ccc2ccccc23)cc(CC(C)C)c1.[Ir]. The number of hydrogen-bond donors (Lipinski definition) is 1. The number of aromatic nitrogens is 1. The van der Waals surface area contributed by atoms with Gasteiger partial charge in [-0.1, -0.05) is 91.8 Å². The van der Waals surface area contributed by atoms with E-state index < -0.39 is 0 Å². The molecule has 3 aromatic carbocycles. The maximum absolute atomic E-state index is 11.2. The van der Waals surface area contributed by atoms with E-state index in [9.17, 15) is 9.90 Å². The third kappa shape index (κ3) is 10.8. The van der Waals surface area contributed by atoms with Crippen LogP contribution in [-0.2, 0) is 37.7 Å². The third-order valence-corrected chi connectivity index (χ3v) is 6.74. The van der Waals surface area contributed by atoms with Crippen LogP contribution in [0.1, 0.15) is 79.4 Å². The Balaban J connectivity index is 0.000000377. The molecular weight excluding hydrogens is 695 g/mol. The summed E-state index contributed by atoms with van der Waals surface area (Å²) in [5, 5.41) is 14.4. The molecule has 0 saturated carbocycles. The van der Waals surface area contributed by atoms with Crippen molar-refractivity contribution in [3.8, 4) is 11.3 Å². The molecule has 0 aliphatic heterocycles. The van der Waals surface area contributed by atoms with E-state index in [0.29, 0.717) is 36.5 Å². The van der Waals surface area contributed by atoms with Crippen molar-refractivity contribution in [1.29, 1.82) is 0 Å². The molecule has 0 aliphatic rings. The van der Waals surface area contributed by atoms with Crippen molar-refractivity contribution in [3.63, 3.8) is 0 Å². The first-order valence-electron chi connectivity index (χ1n) is 15.2. The van der Waals surface area contributed by atoms with Gasteiger partial charge in [-0.25, -0.2) is 0 Å². The number of fused-ring (bicyclic) bond motifs is 3. The Labute approximate surface area is 267 Å². The number of allylic oxidation sites excluding steroid dienone is 2. The monoisotopic (exact) mass is 743 g/mol. The molecule has 0 bridgehead atoms. The van der Waals surface area contributed by atoms with Crippen molar-refractivity contribution in [2.75, 3.05) is 0 Å². The Morgan fingerprint density at radius 1 is 0.786 bits per heavy atom. The van der Waals surface area contributed by atoms with Crippen molar-refractivity contribution in [2.45, 2.75) is 81.1 Å². The number of benzene rings is 3. The number of carbonyl (C=O) groups is 1. The molecular formula is C38H48IrNO2-. The minimum Gasteiger partial charge on any atom is -0.512 e. The first-order valence-corrected chi connectivity index (χ1v) is 15.2. The van der Waals surface area contributed by atoms with Gasteiger partial charge < -0.3 is 10.1 Å². The van der Waals surface area contributed by atoms with E-state index >= 15 is 0 Å². The van der Waals surface area contributed by atoms with E-state index in [1.807, 2.05) is 33.9 Å². The average molecular weight is 743 g/mol. The summed E-state index contributed by atoms with van der Waals surface area (Å²) < 4.78 is 0. The summed E-state index contributed by atoms with van der Waals surface area (Å²) in [7, 11) is 0. The van der Waals surface area contributed by atoms with Crippen LogP contribution in [0.2, 0.25) is 0 Å². The van der Waals surface area contributed by atoms with E-state index in [4.69, 9.17) is 4.98 Å². The van der Waals surface area contributed by atoms with E-state index in [1.165, 1.54) is 38.7 Å². The summed E-state index contributed by atoms with van der Waals surface area (Å²) in [5.74, 6) is 2.22. The van der Waals surface area contributed by atoms with Crippen molar-refractivity contribution < 1.29 is 30.0 Å². The van der Waals surface area contributed by atoms with Crippen LogP contribution in [0.5, 0.6) is 0 Å². The Morgan fingerprint density at radius 2 is 1.45 bits per heavy atom. The summed E-state index contributed by atoms with van der Waals surface area (Å²) in [6.45, 7) is 17.1. The van der Waals surface area contributed by atoms with Gasteiger partial charge in [-0.05, 0) is 69.8 Å². The maximum atomic E-state index is 11.2. The number of ketones is 1. The average Bonchev–Trinajstić information content (AvgIpc) is 2.86. The van der Waals surface area contributed by atoms with Gasteiger partial charge in [0.05, 0.1) is 5.76 Å². The molecule has 0 saturated heterocycles. The summed E-state index contributed by atoms with van der Waals surface area (Å²) in [6, 6.07) is 23.4.